The Morgan fingerprint density at radius 2 is 2.04 bits per heavy atom. The number of fused-ring (bicyclic) bond motifs is 1. The third kappa shape index (κ3) is 3.07. The molecule has 9 heteroatoms. The van der Waals surface area contributed by atoms with Crippen molar-refractivity contribution in [2.45, 2.75) is 12.5 Å². The summed E-state index contributed by atoms with van der Waals surface area (Å²) < 4.78 is 19.8. The number of rotatable bonds is 4. The van der Waals surface area contributed by atoms with Crippen LogP contribution >= 0.6 is 0 Å². The number of carbonyl (C=O) groups excluding carboxylic acids is 2. The molecule has 1 atom stereocenters. The maximum atomic E-state index is 11.7. The first kappa shape index (κ1) is 14.8. The molecule has 2 aliphatic heterocycles. The molecule has 0 bridgehead atoms. The summed E-state index contributed by atoms with van der Waals surface area (Å²) in [5, 5.41) is 11.1. The minimum absolute atomic E-state index is 0.0223. The number of hydrogen-bond donors (Lipinski definition) is 0. The van der Waals surface area contributed by atoms with E-state index in [1.807, 2.05) is 0 Å². The lowest BCUT2D eigenvalue weighted by atomic mass is 10.1. The van der Waals surface area contributed by atoms with Gasteiger partial charge < -0.3 is 18.9 Å². The number of benzene rings is 1. The zero-order valence-electron chi connectivity index (χ0n) is 11.7. The molecule has 1 aromatic carbocycles. The Labute approximate surface area is 129 Å². The van der Waals surface area contributed by atoms with Gasteiger partial charge in [-0.25, -0.2) is 9.59 Å². The number of nitrogens with zero attached hydrogens (tertiary/aromatic N) is 1. The van der Waals surface area contributed by atoms with Gasteiger partial charge in [0, 0.05) is 12.5 Å². The van der Waals surface area contributed by atoms with Crippen LogP contribution < -0.4 is 9.47 Å². The molecule has 0 N–H and O–H groups in total. The molecule has 0 aromatic heterocycles. The molecule has 0 radical (unpaired) electrons. The van der Waals surface area contributed by atoms with Gasteiger partial charge in [0.25, 0.3) is 5.69 Å². The first-order valence-electron chi connectivity index (χ1n) is 6.68. The number of nitro groups is 1. The molecule has 0 spiro atoms. The van der Waals surface area contributed by atoms with Crippen LogP contribution in [0.2, 0.25) is 0 Å². The second-order valence-electron chi connectivity index (χ2n) is 4.74. The second-order valence-corrected chi connectivity index (χ2v) is 4.74. The van der Waals surface area contributed by atoms with Crippen molar-refractivity contribution in [2.75, 3.05) is 13.4 Å². The molecule has 2 aliphatic rings. The van der Waals surface area contributed by atoms with Gasteiger partial charge >= 0.3 is 11.9 Å². The molecule has 120 valence electrons. The van der Waals surface area contributed by atoms with E-state index in [1.165, 1.54) is 18.2 Å². The van der Waals surface area contributed by atoms with Gasteiger partial charge in [0.2, 0.25) is 12.9 Å². The summed E-state index contributed by atoms with van der Waals surface area (Å²) in [5.41, 5.74) is -0.0798. The Morgan fingerprint density at radius 3 is 2.70 bits per heavy atom. The van der Waals surface area contributed by atoms with E-state index in [0.717, 1.165) is 6.08 Å². The summed E-state index contributed by atoms with van der Waals surface area (Å²) in [6, 6.07) is 2.62. The summed E-state index contributed by atoms with van der Waals surface area (Å²) in [7, 11) is 0. The molecular weight excluding hydrogens is 310 g/mol. The molecule has 2 heterocycles. The van der Waals surface area contributed by atoms with Crippen LogP contribution in [0.25, 0.3) is 6.08 Å². The van der Waals surface area contributed by atoms with E-state index in [1.54, 1.807) is 0 Å². The zero-order chi connectivity index (χ0) is 16.4. The first-order chi connectivity index (χ1) is 11.0. The third-order valence-electron chi connectivity index (χ3n) is 3.26. The molecule has 1 aromatic rings. The number of ether oxygens (including phenoxy) is 4. The van der Waals surface area contributed by atoms with E-state index < -0.39 is 23.0 Å². The van der Waals surface area contributed by atoms with Crippen molar-refractivity contribution < 1.29 is 33.5 Å². The molecule has 9 nitrogen and oxygen atoms in total. The average molecular weight is 321 g/mol. The average Bonchev–Trinajstić information content (AvgIpc) is 3.13. The summed E-state index contributed by atoms with van der Waals surface area (Å²) in [6.07, 6.45) is 1.60. The third-order valence-corrected chi connectivity index (χ3v) is 3.26. The Balaban J connectivity index is 1.77. The van der Waals surface area contributed by atoms with Crippen LogP contribution in [0, 0.1) is 10.1 Å². The quantitative estimate of drug-likeness (QED) is 0.351. The molecule has 0 aliphatic carbocycles. The van der Waals surface area contributed by atoms with Crippen LogP contribution in [0.5, 0.6) is 11.5 Å². The normalized spacial score (nSPS) is 19.0. The van der Waals surface area contributed by atoms with Crippen molar-refractivity contribution in [3.8, 4) is 11.5 Å². The van der Waals surface area contributed by atoms with Crippen LogP contribution in [0.3, 0.4) is 0 Å². The summed E-state index contributed by atoms with van der Waals surface area (Å²) in [6.45, 7) is 0.180. The summed E-state index contributed by atoms with van der Waals surface area (Å²) >= 11 is 0. The second kappa shape index (κ2) is 5.95. The standard InChI is InChI=1S/C14H11NO8/c16-13(23-10-3-4-20-14(10)17)2-1-8-5-11-12(22-7-21-11)6-9(8)15(18)19/h1-2,5-6,10H,3-4,7H2/b2-1+/t10-/m0/s1. The lowest BCUT2D eigenvalue weighted by molar-refractivity contribution is -0.385. The van der Waals surface area contributed by atoms with Gasteiger partial charge in [-0.2, -0.15) is 0 Å². The Bertz CT molecular complexity index is 711. The minimum Gasteiger partial charge on any atom is -0.463 e. The van der Waals surface area contributed by atoms with Crippen LogP contribution in [-0.4, -0.2) is 36.4 Å². The smallest absolute Gasteiger partial charge is 0.347 e. The predicted octanol–water partition coefficient (Wildman–Crippen LogP) is 1.20. The van der Waals surface area contributed by atoms with Crippen molar-refractivity contribution >= 4 is 23.7 Å². The topological polar surface area (TPSA) is 114 Å². The van der Waals surface area contributed by atoms with Crippen LogP contribution in [-0.2, 0) is 19.1 Å². The fourth-order valence-corrected chi connectivity index (χ4v) is 2.16. The Hall–Kier alpha value is -3.10. The monoisotopic (exact) mass is 321 g/mol. The summed E-state index contributed by atoms with van der Waals surface area (Å²) in [4.78, 5) is 33.4. The highest BCUT2D eigenvalue weighted by atomic mass is 16.7. The van der Waals surface area contributed by atoms with Crippen molar-refractivity contribution in [3.63, 3.8) is 0 Å². The number of hydrogen-bond acceptors (Lipinski definition) is 8. The van der Waals surface area contributed by atoms with E-state index in [0.29, 0.717) is 12.2 Å². The van der Waals surface area contributed by atoms with Gasteiger partial charge in [-0.15, -0.1) is 0 Å². The van der Waals surface area contributed by atoms with E-state index in [2.05, 4.69) is 4.74 Å². The molecule has 1 saturated heterocycles. The maximum Gasteiger partial charge on any atom is 0.347 e. The van der Waals surface area contributed by atoms with E-state index >= 15 is 0 Å². The molecule has 0 unspecified atom stereocenters. The highest BCUT2D eigenvalue weighted by Crippen LogP contribution is 2.38. The van der Waals surface area contributed by atoms with Crippen LogP contribution in [0.4, 0.5) is 5.69 Å². The molecule has 0 saturated carbocycles. The first-order valence-corrected chi connectivity index (χ1v) is 6.68. The number of cyclic esters (lactones) is 1. The highest BCUT2D eigenvalue weighted by Gasteiger charge is 2.29. The Kier molecular flexibility index (Phi) is 3.83. The fourth-order valence-electron chi connectivity index (χ4n) is 2.16. The minimum atomic E-state index is -0.932. The van der Waals surface area contributed by atoms with Crippen molar-refractivity contribution in [2.24, 2.45) is 0 Å². The van der Waals surface area contributed by atoms with Gasteiger partial charge in [-0.1, -0.05) is 0 Å². The van der Waals surface area contributed by atoms with E-state index in [4.69, 9.17) is 14.2 Å². The van der Waals surface area contributed by atoms with Gasteiger partial charge in [-0.05, 0) is 12.1 Å². The predicted molar refractivity (Wildman–Crippen MR) is 73.7 cm³/mol. The van der Waals surface area contributed by atoms with Crippen LogP contribution in [0.1, 0.15) is 12.0 Å². The number of nitro benzene ring substituents is 1. The van der Waals surface area contributed by atoms with Crippen molar-refractivity contribution in [3.05, 3.63) is 33.9 Å². The number of carbonyl (C=O) groups is 2. The van der Waals surface area contributed by atoms with Gasteiger partial charge in [0.15, 0.2) is 11.5 Å². The molecule has 3 rings (SSSR count). The maximum absolute atomic E-state index is 11.7. The highest BCUT2D eigenvalue weighted by molar-refractivity contribution is 5.90. The lowest BCUT2D eigenvalue weighted by Crippen LogP contribution is -2.21. The van der Waals surface area contributed by atoms with E-state index in [9.17, 15) is 19.7 Å². The van der Waals surface area contributed by atoms with Gasteiger partial charge in [-0.3, -0.25) is 10.1 Å². The Morgan fingerprint density at radius 1 is 1.30 bits per heavy atom. The number of esters is 2. The zero-order valence-corrected chi connectivity index (χ0v) is 11.7. The van der Waals surface area contributed by atoms with Crippen molar-refractivity contribution in [1.82, 2.24) is 0 Å². The molecular formula is C14H11NO8. The largest absolute Gasteiger partial charge is 0.463 e. The van der Waals surface area contributed by atoms with Crippen molar-refractivity contribution in [1.29, 1.82) is 0 Å². The molecule has 23 heavy (non-hydrogen) atoms. The summed E-state index contributed by atoms with van der Waals surface area (Å²) in [5.74, 6) is -0.769. The SMILES string of the molecule is O=C(/C=C/c1cc2c(cc1[N+](=O)[O-])OCO2)O[C@H]1CCOC1=O. The molecule has 1 fully saturated rings. The lowest BCUT2D eigenvalue weighted by Gasteiger charge is -2.05. The van der Waals surface area contributed by atoms with Crippen LogP contribution in [0.15, 0.2) is 18.2 Å². The van der Waals surface area contributed by atoms with Gasteiger partial charge in [0.1, 0.15) is 0 Å². The van der Waals surface area contributed by atoms with Gasteiger partial charge in [0.05, 0.1) is 23.2 Å². The van der Waals surface area contributed by atoms with E-state index in [-0.39, 0.29) is 30.4 Å². The molecule has 0 amide bonds. The fraction of sp³-hybridized carbons (Fsp3) is 0.286.